The van der Waals surface area contributed by atoms with Crippen LogP contribution in [0.1, 0.15) is 25.5 Å². The van der Waals surface area contributed by atoms with Crippen molar-refractivity contribution < 1.29 is 4.92 Å². The number of nitrogens with one attached hydrogen (secondary N) is 1. The third kappa shape index (κ3) is 2.97. The van der Waals surface area contributed by atoms with Crippen molar-refractivity contribution in [2.75, 3.05) is 11.9 Å². The first-order valence-electron chi connectivity index (χ1n) is 5.49. The minimum atomic E-state index is -0.394. The molecule has 0 amide bonds. The Bertz CT molecular complexity index is 445. The fourth-order valence-corrected chi connectivity index (χ4v) is 1.59. The fourth-order valence-electron chi connectivity index (χ4n) is 1.59. The Kier molecular flexibility index (Phi) is 4.52. The molecule has 0 aliphatic rings. The smallest absolute Gasteiger partial charge is 0.333 e. The molecule has 0 aliphatic heterocycles. The molecule has 0 atom stereocenters. The molecular formula is C11H16N4O2. The molecule has 0 aromatic carbocycles. The maximum Gasteiger partial charge on any atom is 0.333 e. The Hall–Kier alpha value is -2.03. The number of aromatic nitrogens is 2. The van der Waals surface area contributed by atoms with Gasteiger partial charge in [0.2, 0.25) is 5.82 Å². The van der Waals surface area contributed by atoms with Crippen LogP contribution in [0.4, 0.5) is 11.5 Å². The largest absolute Gasteiger partial charge is 0.365 e. The van der Waals surface area contributed by atoms with E-state index in [0.717, 1.165) is 6.42 Å². The van der Waals surface area contributed by atoms with Crippen molar-refractivity contribution in [3.8, 4) is 12.3 Å². The molecule has 6 nitrogen and oxygen atoms in total. The number of terminal acetylenes is 1. The molecule has 1 rings (SSSR count). The molecule has 1 aromatic heterocycles. The van der Waals surface area contributed by atoms with E-state index in [9.17, 15) is 10.1 Å². The van der Waals surface area contributed by atoms with E-state index in [2.05, 4.69) is 16.3 Å². The lowest BCUT2D eigenvalue weighted by Crippen LogP contribution is -2.07. The monoisotopic (exact) mass is 236 g/mol. The predicted molar refractivity (Wildman–Crippen MR) is 65.8 cm³/mol. The van der Waals surface area contributed by atoms with Crippen LogP contribution in [0.15, 0.2) is 0 Å². The zero-order valence-corrected chi connectivity index (χ0v) is 10.1. The lowest BCUT2D eigenvalue weighted by atomic mass is 10.3. The highest BCUT2D eigenvalue weighted by Gasteiger charge is 2.24. The third-order valence-electron chi connectivity index (χ3n) is 2.40. The Morgan fingerprint density at radius 2 is 2.35 bits per heavy atom. The van der Waals surface area contributed by atoms with Crippen molar-refractivity contribution >= 4 is 11.5 Å². The summed E-state index contributed by atoms with van der Waals surface area (Å²) in [6.07, 6.45) is 7.11. The van der Waals surface area contributed by atoms with E-state index < -0.39 is 4.92 Å². The van der Waals surface area contributed by atoms with E-state index in [0.29, 0.717) is 30.9 Å². The first-order valence-corrected chi connectivity index (χ1v) is 5.49. The summed E-state index contributed by atoms with van der Waals surface area (Å²) in [5.74, 6) is 2.97. The number of anilines is 1. The van der Waals surface area contributed by atoms with Crippen molar-refractivity contribution in [1.29, 1.82) is 0 Å². The van der Waals surface area contributed by atoms with Gasteiger partial charge >= 0.3 is 5.69 Å². The molecule has 1 aromatic rings. The topological polar surface area (TPSA) is 73.0 Å². The number of hydrogen-bond acceptors (Lipinski definition) is 4. The third-order valence-corrected chi connectivity index (χ3v) is 2.40. The van der Waals surface area contributed by atoms with Crippen LogP contribution >= 0.6 is 0 Å². The molecule has 0 unspecified atom stereocenters. The van der Waals surface area contributed by atoms with Crippen LogP contribution in [0.5, 0.6) is 0 Å². The van der Waals surface area contributed by atoms with Crippen molar-refractivity contribution in [3.05, 3.63) is 15.8 Å². The summed E-state index contributed by atoms with van der Waals surface area (Å²) in [4.78, 5) is 10.6. The molecule has 6 heteroatoms. The molecule has 1 N–H and O–H groups in total. The molecule has 92 valence electrons. The number of nitro groups is 1. The predicted octanol–water partition coefficient (Wildman–Crippen LogP) is 1.72. The number of hydrogen-bond donors (Lipinski definition) is 1. The second-order valence-corrected chi connectivity index (χ2v) is 3.61. The van der Waals surface area contributed by atoms with Gasteiger partial charge in [0.25, 0.3) is 0 Å². The number of rotatable bonds is 6. The molecule has 0 fully saturated rings. The first-order chi connectivity index (χ1) is 8.11. The molecule has 1 heterocycles. The minimum absolute atomic E-state index is 0.0655. The van der Waals surface area contributed by atoms with E-state index in [1.165, 1.54) is 4.68 Å². The summed E-state index contributed by atoms with van der Waals surface area (Å²) < 4.78 is 1.51. The van der Waals surface area contributed by atoms with Crippen LogP contribution in [0.2, 0.25) is 0 Å². The van der Waals surface area contributed by atoms with Gasteiger partial charge in [-0.15, -0.1) is 12.3 Å². The number of aryl methyl sites for hydroxylation is 2. The molecule has 0 saturated carbocycles. The van der Waals surface area contributed by atoms with E-state index in [4.69, 9.17) is 6.42 Å². The number of unbranched alkanes of at least 4 members (excludes halogenated alkanes) is 1. The summed E-state index contributed by atoms with van der Waals surface area (Å²) in [6.45, 7) is 2.45. The fraction of sp³-hybridized carbons (Fsp3) is 0.545. The average Bonchev–Trinajstić information content (AvgIpc) is 2.61. The van der Waals surface area contributed by atoms with Crippen molar-refractivity contribution in [1.82, 2.24) is 9.78 Å². The molecule has 0 aliphatic carbocycles. The van der Waals surface area contributed by atoms with E-state index >= 15 is 0 Å². The van der Waals surface area contributed by atoms with Gasteiger partial charge in [-0.05, 0) is 12.8 Å². The van der Waals surface area contributed by atoms with Crippen LogP contribution < -0.4 is 5.32 Å². The van der Waals surface area contributed by atoms with Gasteiger partial charge < -0.3 is 5.32 Å². The summed E-state index contributed by atoms with van der Waals surface area (Å²) in [5.41, 5.74) is 0.563. The van der Waals surface area contributed by atoms with E-state index in [1.54, 1.807) is 7.05 Å². The SMILES string of the molecule is C#CCCCNc1c([N+](=O)[O-])c(CC)nn1C. The second-order valence-electron chi connectivity index (χ2n) is 3.61. The minimum Gasteiger partial charge on any atom is -0.365 e. The first kappa shape index (κ1) is 13.0. The van der Waals surface area contributed by atoms with Crippen molar-refractivity contribution in [3.63, 3.8) is 0 Å². The van der Waals surface area contributed by atoms with E-state index in [-0.39, 0.29) is 5.69 Å². The van der Waals surface area contributed by atoms with Gasteiger partial charge in [-0.3, -0.25) is 10.1 Å². The van der Waals surface area contributed by atoms with Crippen LogP contribution in [-0.2, 0) is 13.5 Å². The Balaban J connectivity index is 2.86. The van der Waals surface area contributed by atoms with Gasteiger partial charge in [-0.1, -0.05) is 6.92 Å². The van der Waals surface area contributed by atoms with Gasteiger partial charge in [-0.25, -0.2) is 4.68 Å². The van der Waals surface area contributed by atoms with Crippen LogP contribution in [0.25, 0.3) is 0 Å². The maximum absolute atomic E-state index is 11.0. The Labute approximate surface area is 100 Å². The van der Waals surface area contributed by atoms with Crippen LogP contribution in [-0.4, -0.2) is 21.2 Å². The van der Waals surface area contributed by atoms with Gasteiger partial charge in [0.15, 0.2) is 0 Å². The summed E-state index contributed by atoms with van der Waals surface area (Å²) in [5, 5.41) is 18.1. The standard InChI is InChI=1S/C11H16N4O2/c1-4-6-7-8-12-11-10(15(16)17)9(5-2)13-14(11)3/h1,12H,5-8H2,2-3H3. The summed E-state index contributed by atoms with van der Waals surface area (Å²) in [6, 6.07) is 0. The molecule has 0 radical (unpaired) electrons. The van der Waals surface area contributed by atoms with Gasteiger partial charge in [0, 0.05) is 20.0 Å². The lowest BCUT2D eigenvalue weighted by molar-refractivity contribution is -0.384. The van der Waals surface area contributed by atoms with E-state index in [1.807, 2.05) is 6.92 Å². The van der Waals surface area contributed by atoms with Crippen LogP contribution in [0, 0.1) is 22.5 Å². The Morgan fingerprint density at radius 1 is 1.65 bits per heavy atom. The zero-order valence-electron chi connectivity index (χ0n) is 10.1. The lowest BCUT2D eigenvalue weighted by Gasteiger charge is -2.04. The molecule has 17 heavy (non-hydrogen) atoms. The molecule has 0 bridgehead atoms. The highest BCUT2D eigenvalue weighted by Crippen LogP contribution is 2.28. The highest BCUT2D eigenvalue weighted by atomic mass is 16.6. The second kappa shape index (κ2) is 5.89. The van der Waals surface area contributed by atoms with Crippen LogP contribution in [0.3, 0.4) is 0 Å². The zero-order chi connectivity index (χ0) is 12.8. The number of nitrogens with zero attached hydrogens (tertiary/aromatic N) is 3. The van der Waals surface area contributed by atoms with Crippen molar-refractivity contribution in [2.24, 2.45) is 7.05 Å². The maximum atomic E-state index is 11.0. The van der Waals surface area contributed by atoms with Gasteiger partial charge in [0.05, 0.1) is 4.92 Å². The van der Waals surface area contributed by atoms with Crippen molar-refractivity contribution in [2.45, 2.75) is 26.2 Å². The normalized spacial score (nSPS) is 9.94. The molecular weight excluding hydrogens is 220 g/mol. The molecule has 0 spiro atoms. The molecule has 0 saturated heterocycles. The quantitative estimate of drug-likeness (QED) is 0.353. The average molecular weight is 236 g/mol. The Morgan fingerprint density at radius 3 is 2.88 bits per heavy atom. The van der Waals surface area contributed by atoms with Gasteiger partial charge in [-0.2, -0.15) is 5.10 Å². The van der Waals surface area contributed by atoms with Gasteiger partial charge in [0.1, 0.15) is 5.69 Å². The summed E-state index contributed by atoms with van der Waals surface area (Å²) >= 11 is 0. The summed E-state index contributed by atoms with van der Waals surface area (Å²) in [7, 11) is 1.69. The highest BCUT2D eigenvalue weighted by molar-refractivity contribution is 5.59.